The predicted molar refractivity (Wildman–Crippen MR) is 74.7 cm³/mol. The second-order valence-corrected chi connectivity index (χ2v) is 5.42. The molecule has 1 atom stereocenters. The largest absolute Gasteiger partial charge is 0.341 e. The normalized spacial score (nSPS) is 18.8. The van der Waals surface area contributed by atoms with Crippen LogP contribution in [0.5, 0.6) is 0 Å². The van der Waals surface area contributed by atoms with Crippen LogP contribution >= 0.6 is 0 Å². The fourth-order valence-electron chi connectivity index (χ4n) is 2.81. The van der Waals surface area contributed by atoms with Gasteiger partial charge in [0.25, 0.3) is 0 Å². The van der Waals surface area contributed by atoms with Crippen LogP contribution in [-0.2, 0) is 4.79 Å². The van der Waals surface area contributed by atoms with E-state index in [0.29, 0.717) is 0 Å². The van der Waals surface area contributed by atoms with Crippen molar-refractivity contribution >= 4 is 5.91 Å². The van der Waals surface area contributed by atoms with E-state index in [2.05, 4.69) is 10.2 Å². The molecule has 1 saturated heterocycles. The molecule has 0 aromatic carbocycles. The Balaban J connectivity index is 2.09. The molecule has 0 bridgehead atoms. The highest BCUT2D eigenvalue weighted by Gasteiger charge is 2.26. The lowest BCUT2D eigenvalue weighted by Crippen LogP contribution is -2.40. The number of aryl methyl sites for hydroxylation is 2. The molecule has 0 aliphatic carbocycles. The highest BCUT2D eigenvalue weighted by atomic mass is 16.2. The molecule has 1 amide bonds. The monoisotopic (exact) mass is 264 g/mol. The number of carbonyl (C=O) groups excluding carboxylic acids is 1. The van der Waals surface area contributed by atoms with Crippen molar-refractivity contribution < 1.29 is 4.79 Å². The van der Waals surface area contributed by atoms with Crippen LogP contribution in [0.3, 0.4) is 0 Å². The van der Waals surface area contributed by atoms with Gasteiger partial charge in [0.05, 0.1) is 5.69 Å². The third-order valence-corrected chi connectivity index (χ3v) is 3.93. The number of nitrogens with zero attached hydrogens (tertiary/aromatic N) is 2. The van der Waals surface area contributed by atoms with Crippen LogP contribution in [0.25, 0.3) is 0 Å². The number of hydrogen-bond donors (Lipinski definition) is 2. The Kier molecular flexibility index (Phi) is 4.58. The molecule has 0 spiro atoms. The van der Waals surface area contributed by atoms with Gasteiger partial charge in [-0.25, -0.2) is 0 Å². The van der Waals surface area contributed by atoms with E-state index in [4.69, 9.17) is 5.73 Å². The van der Waals surface area contributed by atoms with Gasteiger partial charge >= 0.3 is 0 Å². The number of nitrogens with one attached hydrogen (secondary N) is 1. The Bertz CT molecular complexity index is 413. The average Bonchev–Trinajstić information content (AvgIpc) is 2.67. The summed E-state index contributed by atoms with van der Waals surface area (Å²) in [5.74, 6) is 0.0366. The van der Waals surface area contributed by atoms with Gasteiger partial charge in [-0.1, -0.05) is 19.3 Å². The maximum atomic E-state index is 12.5. The van der Waals surface area contributed by atoms with Crippen molar-refractivity contribution in [3.8, 4) is 0 Å². The molecule has 0 radical (unpaired) electrons. The van der Waals surface area contributed by atoms with E-state index in [1.165, 1.54) is 19.3 Å². The summed E-state index contributed by atoms with van der Waals surface area (Å²) in [6.45, 7) is 5.47. The Morgan fingerprint density at radius 3 is 2.32 bits per heavy atom. The van der Waals surface area contributed by atoms with Gasteiger partial charge in [-0.3, -0.25) is 9.89 Å². The number of carbonyl (C=O) groups is 1. The summed E-state index contributed by atoms with van der Waals surface area (Å²) in [6, 6.07) is -0.585. The lowest BCUT2D eigenvalue weighted by Gasteiger charge is -2.27. The van der Waals surface area contributed by atoms with E-state index in [1.54, 1.807) is 0 Å². The summed E-state index contributed by atoms with van der Waals surface area (Å²) in [5.41, 5.74) is 8.73. The number of rotatable bonds is 2. The third-order valence-electron chi connectivity index (χ3n) is 3.93. The van der Waals surface area contributed by atoms with Crippen molar-refractivity contribution in [2.75, 3.05) is 13.1 Å². The van der Waals surface area contributed by atoms with Crippen LogP contribution in [0.4, 0.5) is 0 Å². The molecule has 1 aliphatic heterocycles. The minimum absolute atomic E-state index is 0.0366. The highest BCUT2D eigenvalue weighted by molar-refractivity contribution is 5.83. The van der Waals surface area contributed by atoms with Crippen LogP contribution in [0.1, 0.15) is 55.1 Å². The molecule has 1 unspecified atom stereocenters. The summed E-state index contributed by atoms with van der Waals surface area (Å²) < 4.78 is 0. The van der Waals surface area contributed by atoms with Crippen molar-refractivity contribution in [2.45, 2.75) is 52.0 Å². The molecule has 5 nitrogen and oxygen atoms in total. The second-order valence-electron chi connectivity index (χ2n) is 5.42. The summed E-state index contributed by atoms with van der Waals surface area (Å²) in [5, 5.41) is 7.02. The zero-order valence-electron chi connectivity index (χ0n) is 11.9. The van der Waals surface area contributed by atoms with Crippen molar-refractivity contribution in [3.63, 3.8) is 0 Å². The van der Waals surface area contributed by atoms with E-state index in [1.807, 2.05) is 18.7 Å². The Morgan fingerprint density at radius 1 is 1.21 bits per heavy atom. The molecule has 1 aliphatic rings. The van der Waals surface area contributed by atoms with Crippen LogP contribution < -0.4 is 5.73 Å². The fraction of sp³-hybridized carbons (Fsp3) is 0.714. The van der Waals surface area contributed by atoms with Crippen molar-refractivity contribution in [3.05, 3.63) is 17.0 Å². The molecule has 2 heterocycles. The molecule has 19 heavy (non-hydrogen) atoms. The minimum atomic E-state index is -0.585. The SMILES string of the molecule is Cc1n[nH]c(C)c1C(N)C(=O)N1CCCCCCC1. The lowest BCUT2D eigenvalue weighted by molar-refractivity contribution is -0.133. The number of aromatic nitrogens is 2. The maximum Gasteiger partial charge on any atom is 0.244 e. The Labute approximate surface area is 114 Å². The first-order chi connectivity index (χ1) is 9.11. The molecule has 3 N–H and O–H groups in total. The predicted octanol–water partition coefficient (Wildman–Crippen LogP) is 1.82. The van der Waals surface area contributed by atoms with Gasteiger partial charge < -0.3 is 10.6 Å². The zero-order valence-corrected chi connectivity index (χ0v) is 11.9. The number of likely N-dealkylation sites (tertiary alicyclic amines) is 1. The molecule has 1 aromatic heterocycles. The van der Waals surface area contributed by atoms with Gasteiger partial charge in [-0.2, -0.15) is 5.10 Å². The fourth-order valence-corrected chi connectivity index (χ4v) is 2.81. The van der Waals surface area contributed by atoms with Gasteiger partial charge in [0.15, 0.2) is 0 Å². The van der Waals surface area contributed by atoms with Crippen molar-refractivity contribution in [1.29, 1.82) is 0 Å². The lowest BCUT2D eigenvalue weighted by atomic mass is 10.0. The van der Waals surface area contributed by atoms with E-state index >= 15 is 0 Å². The molecule has 1 fully saturated rings. The number of hydrogen-bond acceptors (Lipinski definition) is 3. The van der Waals surface area contributed by atoms with Crippen LogP contribution in [-0.4, -0.2) is 34.1 Å². The number of nitrogens with two attached hydrogens (primary N) is 1. The van der Waals surface area contributed by atoms with E-state index in [9.17, 15) is 4.79 Å². The Hall–Kier alpha value is -1.36. The minimum Gasteiger partial charge on any atom is -0.341 e. The first-order valence-electron chi connectivity index (χ1n) is 7.17. The summed E-state index contributed by atoms with van der Waals surface area (Å²) in [7, 11) is 0. The van der Waals surface area contributed by atoms with Crippen LogP contribution in [0, 0.1) is 13.8 Å². The topological polar surface area (TPSA) is 75.0 Å². The van der Waals surface area contributed by atoms with Crippen LogP contribution in [0.15, 0.2) is 0 Å². The summed E-state index contributed by atoms with van der Waals surface area (Å²) >= 11 is 0. The Morgan fingerprint density at radius 2 is 1.79 bits per heavy atom. The first kappa shape index (κ1) is 14.1. The molecule has 5 heteroatoms. The maximum absolute atomic E-state index is 12.5. The van der Waals surface area contributed by atoms with Crippen LogP contribution in [0.2, 0.25) is 0 Å². The van der Waals surface area contributed by atoms with Gasteiger partial charge in [0, 0.05) is 24.3 Å². The molecular formula is C14H24N4O. The second kappa shape index (κ2) is 6.19. The quantitative estimate of drug-likeness (QED) is 0.855. The van der Waals surface area contributed by atoms with Crippen molar-refractivity contribution in [1.82, 2.24) is 15.1 Å². The third kappa shape index (κ3) is 3.15. The van der Waals surface area contributed by atoms with E-state index in [-0.39, 0.29) is 5.91 Å². The average molecular weight is 264 g/mol. The number of aromatic amines is 1. The van der Waals surface area contributed by atoms with E-state index in [0.717, 1.165) is 42.9 Å². The van der Waals surface area contributed by atoms with Crippen molar-refractivity contribution in [2.24, 2.45) is 5.73 Å². The van der Waals surface area contributed by atoms with Gasteiger partial charge in [0.1, 0.15) is 6.04 Å². The van der Waals surface area contributed by atoms with Gasteiger partial charge in [0.2, 0.25) is 5.91 Å². The molecule has 106 valence electrons. The smallest absolute Gasteiger partial charge is 0.244 e. The number of amides is 1. The molecule has 2 rings (SSSR count). The number of H-pyrrole nitrogens is 1. The summed E-state index contributed by atoms with van der Waals surface area (Å²) in [4.78, 5) is 14.5. The van der Waals surface area contributed by atoms with Gasteiger partial charge in [-0.05, 0) is 26.7 Å². The zero-order chi connectivity index (χ0) is 13.8. The first-order valence-corrected chi connectivity index (χ1v) is 7.17. The molecular weight excluding hydrogens is 240 g/mol. The summed E-state index contributed by atoms with van der Waals surface area (Å²) in [6.07, 6.45) is 5.88. The van der Waals surface area contributed by atoms with E-state index < -0.39 is 6.04 Å². The van der Waals surface area contributed by atoms with Gasteiger partial charge in [-0.15, -0.1) is 0 Å². The highest BCUT2D eigenvalue weighted by Crippen LogP contribution is 2.21. The standard InChI is InChI=1S/C14H24N4O/c1-10-12(11(2)17-16-10)13(15)14(19)18-8-6-4-3-5-7-9-18/h13H,3-9,15H2,1-2H3,(H,16,17). The molecule has 0 saturated carbocycles. The molecule has 1 aromatic rings.